The van der Waals surface area contributed by atoms with Crippen LogP contribution in [0.3, 0.4) is 0 Å². The van der Waals surface area contributed by atoms with E-state index in [-0.39, 0.29) is 29.1 Å². The van der Waals surface area contributed by atoms with Crippen molar-refractivity contribution in [3.8, 4) is 6.07 Å². The van der Waals surface area contributed by atoms with Gasteiger partial charge in [-0.1, -0.05) is 12.1 Å². The van der Waals surface area contributed by atoms with Crippen molar-refractivity contribution in [2.75, 3.05) is 5.32 Å². The van der Waals surface area contributed by atoms with Crippen LogP contribution in [0.4, 0.5) is 14.5 Å². The van der Waals surface area contributed by atoms with E-state index in [4.69, 9.17) is 11.0 Å². The van der Waals surface area contributed by atoms with Gasteiger partial charge in [-0.2, -0.15) is 19.1 Å². The number of carbonyl (C=O) groups is 2. The first kappa shape index (κ1) is 23.4. The summed E-state index contributed by atoms with van der Waals surface area (Å²) in [6.07, 6.45) is 1.44. The minimum atomic E-state index is -3.36. The summed E-state index contributed by atoms with van der Waals surface area (Å²) in [6.45, 7) is 2.39. The predicted octanol–water partition coefficient (Wildman–Crippen LogP) is 3.52. The standard InChI is InChI=1S/C24H19F2N7O2/c1-13-19(20(24(2,25)26)32-33(13)12-15-7-5-14(11-27)6-8-15)31-23(35)17-10-18(21(28)34)30-22-16(17)4-3-9-29-22/h3-10H,12H2,1-2H3,(H2,28,34)(H,31,35). The molecule has 0 aliphatic carbocycles. The van der Waals surface area contributed by atoms with Crippen LogP contribution in [-0.2, 0) is 12.5 Å². The van der Waals surface area contributed by atoms with Gasteiger partial charge < -0.3 is 11.1 Å². The molecule has 0 saturated heterocycles. The number of halogens is 2. The zero-order chi connectivity index (χ0) is 25.3. The summed E-state index contributed by atoms with van der Waals surface area (Å²) in [7, 11) is 0. The molecule has 1 aromatic carbocycles. The lowest BCUT2D eigenvalue weighted by molar-refractivity contribution is 0.0129. The van der Waals surface area contributed by atoms with E-state index in [1.807, 2.05) is 6.07 Å². The van der Waals surface area contributed by atoms with Gasteiger partial charge in [-0.15, -0.1) is 0 Å². The third-order valence-electron chi connectivity index (χ3n) is 5.36. The third-order valence-corrected chi connectivity index (χ3v) is 5.36. The predicted molar refractivity (Wildman–Crippen MR) is 123 cm³/mol. The van der Waals surface area contributed by atoms with Crippen molar-refractivity contribution in [3.63, 3.8) is 0 Å². The number of nitrogens with one attached hydrogen (secondary N) is 1. The number of hydrogen-bond acceptors (Lipinski definition) is 6. The molecule has 4 aromatic rings. The van der Waals surface area contributed by atoms with Gasteiger partial charge in [0.05, 0.1) is 35.1 Å². The number of anilines is 1. The van der Waals surface area contributed by atoms with Gasteiger partial charge in [0.25, 0.3) is 17.7 Å². The van der Waals surface area contributed by atoms with Crippen LogP contribution in [0.5, 0.6) is 0 Å². The van der Waals surface area contributed by atoms with Crippen molar-refractivity contribution < 1.29 is 18.4 Å². The number of amides is 2. The molecule has 0 atom stereocenters. The number of pyridine rings is 2. The topological polar surface area (TPSA) is 140 Å². The Kier molecular flexibility index (Phi) is 5.96. The first-order valence-corrected chi connectivity index (χ1v) is 10.4. The summed E-state index contributed by atoms with van der Waals surface area (Å²) in [5, 5.41) is 15.9. The van der Waals surface area contributed by atoms with Crippen LogP contribution in [0.15, 0.2) is 48.7 Å². The number of fused-ring (bicyclic) bond motifs is 1. The number of nitrogens with zero attached hydrogens (tertiary/aromatic N) is 5. The number of carbonyl (C=O) groups excluding carboxylic acids is 2. The monoisotopic (exact) mass is 475 g/mol. The Morgan fingerprint density at radius 2 is 1.94 bits per heavy atom. The lowest BCUT2D eigenvalue weighted by atomic mass is 10.1. The largest absolute Gasteiger partial charge is 0.364 e. The minimum Gasteiger partial charge on any atom is -0.364 e. The van der Waals surface area contributed by atoms with E-state index in [1.54, 1.807) is 43.3 Å². The molecule has 0 aliphatic rings. The van der Waals surface area contributed by atoms with E-state index in [1.165, 1.54) is 16.9 Å². The summed E-state index contributed by atoms with van der Waals surface area (Å²) < 4.78 is 30.3. The molecular weight excluding hydrogens is 456 g/mol. The van der Waals surface area contributed by atoms with Gasteiger partial charge in [-0.25, -0.2) is 9.97 Å². The first-order valence-electron chi connectivity index (χ1n) is 10.4. The average Bonchev–Trinajstić information content (AvgIpc) is 3.14. The number of alkyl halides is 2. The second-order valence-corrected chi connectivity index (χ2v) is 7.91. The molecule has 3 aromatic heterocycles. The summed E-state index contributed by atoms with van der Waals surface area (Å²) >= 11 is 0. The van der Waals surface area contributed by atoms with E-state index in [0.29, 0.717) is 23.6 Å². The molecule has 11 heteroatoms. The molecule has 0 saturated carbocycles. The van der Waals surface area contributed by atoms with Gasteiger partial charge in [-0.05, 0) is 42.8 Å². The van der Waals surface area contributed by atoms with Crippen LogP contribution >= 0.6 is 0 Å². The Morgan fingerprint density at radius 3 is 2.57 bits per heavy atom. The van der Waals surface area contributed by atoms with Crippen molar-refractivity contribution in [2.24, 2.45) is 5.73 Å². The molecule has 176 valence electrons. The Hall–Kier alpha value is -4.72. The van der Waals surface area contributed by atoms with Gasteiger partial charge in [-0.3, -0.25) is 14.3 Å². The van der Waals surface area contributed by atoms with Gasteiger partial charge in [0, 0.05) is 18.5 Å². The van der Waals surface area contributed by atoms with Crippen LogP contribution in [0.1, 0.15) is 50.3 Å². The second-order valence-electron chi connectivity index (χ2n) is 7.91. The highest BCUT2D eigenvalue weighted by Crippen LogP contribution is 2.35. The summed E-state index contributed by atoms with van der Waals surface area (Å²) in [6, 6.07) is 13.0. The Labute approximate surface area is 198 Å². The number of nitriles is 1. The quantitative estimate of drug-likeness (QED) is 0.437. The molecule has 35 heavy (non-hydrogen) atoms. The molecule has 0 fully saturated rings. The van der Waals surface area contributed by atoms with Gasteiger partial charge in [0.2, 0.25) is 0 Å². The van der Waals surface area contributed by atoms with E-state index in [0.717, 1.165) is 5.56 Å². The maximum absolute atomic E-state index is 14.5. The number of benzene rings is 1. The van der Waals surface area contributed by atoms with Gasteiger partial charge in [0.1, 0.15) is 5.69 Å². The highest BCUT2D eigenvalue weighted by molar-refractivity contribution is 6.13. The highest BCUT2D eigenvalue weighted by atomic mass is 19.3. The second kappa shape index (κ2) is 8.90. The van der Waals surface area contributed by atoms with Crippen molar-refractivity contribution in [1.82, 2.24) is 19.7 Å². The fourth-order valence-corrected chi connectivity index (χ4v) is 3.57. The smallest absolute Gasteiger partial charge is 0.290 e. The maximum Gasteiger partial charge on any atom is 0.290 e. The van der Waals surface area contributed by atoms with Crippen LogP contribution in [0.2, 0.25) is 0 Å². The SMILES string of the molecule is Cc1c(NC(=O)c2cc(C(N)=O)nc3ncccc23)c(C(C)(F)F)nn1Cc1ccc(C#N)cc1. The molecular formula is C24H19F2N7O2. The van der Waals surface area contributed by atoms with Crippen molar-refractivity contribution in [3.05, 3.63) is 82.4 Å². The van der Waals surface area contributed by atoms with Crippen molar-refractivity contribution >= 4 is 28.5 Å². The zero-order valence-electron chi connectivity index (χ0n) is 18.7. The fourth-order valence-electron chi connectivity index (χ4n) is 3.57. The van der Waals surface area contributed by atoms with Gasteiger partial charge in [0.15, 0.2) is 11.3 Å². The molecule has 4 rings (SSSR count). The summed E-state index contributed by atoms with van der Waals surface area (Å²) in [5.74, 6) is -4.97. The molecule has 0 aliphatic heterocycles. The van der Waals surface area contributed by atoms with Gasteiger partial charge >= 0.3 is 0 Å². The Bertz CT molecular complexity index is 1500. The first-order chi connectivity index (χ1) is 16.6. The highest BCUT2D eigenvalue weighted by Gasteiger charge is 2.34. The Balaban J connectivity index is 1.75. The number of primary amides is 1. The number of hydrogen-bond donors (Lipinski definition) is 2. The zero-order valence-corrected chi connectivity index (χ0v) is 18.7. The summed E-state index contributed by atoms with van der Waals surface area (Å²) in [5.41, 5.74) is 6.01. The molecule has 0 bridgehead atoms. The van der Waals surface area contributed by atoms with Crippen molar-refractivity contribution in [2.45, 2.75) is 26.3 Å². The molecule has 3 heterocycles. The molecule has 0 radical (unpaired) electrons. The lowest BCUT2D eigenvalue weighted by Crippen LogP contribution is -2.20. The fraction of sp³-hybridized carbons (Fsp3) is 0.167. The van der Waals surface area contributed by atoms with E-state index in [9.17, 15) is 18.4 Å². The molecule has 0 unspecified atom stereocenters. The molecule has 9 nitrogen and oxygen atoms in total. The van der Waals surface area contributed by atoms with Crippen LogP contribution in [0.25, 0.3) is 11.0 Å². The lowest BCUT2D eigenvalue weighted by Gasteiger charge is -2.12. The normalized spacial score (nSPS) is 11.3. The number of nitrogens with two attached hydrogens (primary N) is 1. The van der Waals surface area contributed by atoms with Crippen molar-refractivity contribution in [1.29, 1.82) is 5.26 Å². The third kappa shape index (κ3) is 4.67. The van der Waals surface area contributed by atoms with Crippen LogP contribution < -0.4 is 11.1 Å². The maximum atomic E-state index is 14.5. The summed E-state index contributed by atoms with van der Waals surface area (Å²) in [4.78, 5) is 33.0. The van der Waals surface area contributed by atoms with Crippen LogP contribution in [-0.4, -0.2) is 31.6 Å². The number of aromatic nitrogens is 4. The Morgan fingerprint density at radius 1 is 1.23 bits per heavy atom. The molecule has 3 N–H and O–H groups in total. The average molecular weight is 475 g/mol. The minimum absolute atomic E-state index is 0.00140. The van der Waals surface area contributed by atoms with Crippen LogP contribution in [0, 0.1) is 18.3 Å². The van der Waals surface area contributed by atoms with E-state index in [2.05, 4.69) is 20.4 Å². The molecule has 2 amide bonds. The van der Waals surface area contributed by atoms with E-state index >= 15 is 0 Å². The van der Waals surface area contributed by atoms with E-state index < -0.39 is 23.4 Å². The number of rotatable bonds is 6. The molecule has 0 spiro atoms.